The van der Waals surface area contributed by atoms with E-state index in [2.05, 4.69) is 15.6 Å². The van der Waals surface area contributed by atoms with Crippen LogP contribution in [-0.2, 0) is 19.2 Å². The van der Waals surface area contributed by atoms with E-state index in [1.807, 2.05) is 0 Å². The number of carboxylic acids is 1. The Morgan fingerprint density at radius 1 is 0.975 bits per heavy atom. The molecule has 16 heteroatoms. The monoisotopic (exact) mass is 569 g/mol. The second-order valence-corrected chi connectivity index (χ2v) is 7.62. The van der Waals surface area contributed by atoms with E-state index >= 15 is 0 Å². The molecule has 0 spiro atoms. The minimum Gasteiger partial charge on any atom is -0.475 e. The van der Waals surface area contributed by atoms with E-state index in [9.17, 15) is 36.3 Å². The summed E-state index contributed by atoms with van der Waals surface area (Å²) in [5, 5.41) is 11.6. The number of nitrogens with two attached hydrogens (primary N) is 2. The molecule has 0 bridgehead atoms. The van der Waals surface area contributed by atoms with E-state index in [-0.39, 0.29) is 11.6 Å². The van der Waals surface area contributed by atoms with Crippen molar-refractivity contribution in [2.75, 3.05) is 11.1 Å². The first-order valence-electron chi connectivity index (χ1n) is 10.8. The van der Waals surface area contributed by atoms with Crippen molar-refractivity contribution >= 4 is 35.2 Å². The molecule has 0 aliphatic heterocycles. The van der Waals surface area contributed by atoms with Crippen LogP contribution >= 0.6 is 0 Å². The van der Waals surface area contributed by atoms with E-state index in [0.29, 0.717) is 11.6 Å². The molecule has 3 aromatic rings. The summed E-state index contributed by atoms with van der Waals surface area (Å²) < 4.78 is 65.7. The number of nitrogens with zero attached hydrogens (tertiary/aromatic N) is 1. The maximum atomic E-state index is 14.4. The van der Waals surface area contributed by atoms with Gasteiger partial charge >= 0.3 is 12.1 Å². The van der Waals surface area contributed by atoms with Crippen molar-refractivity contribution < 1.29 is 51.0 Å². The Kier molecular flexibility index (Phi) is 10.4. The van der Waals surface area contributed by atoms with Gasteiger partial charge in [-0.2, -0.15) is 13.2 Å². The molecule has 0 unspecified atom stereocenters. The molecule has 212 valence electrons. The van der Waals surface area contributed by atoms with Crippen LogP contribution in [0.2, 0.25) is 0 Å². The van der Waals surface area contributed by atoms with Crippen molar-refractivity contribution in [1.82, 2.24) is 10.3 Å². The number of carboxylic acid groups (broad SMARTS) is 1. The number of aromatic nitrogens is 1. The second kappa shape index (κ2) is 13.5. The number of carbonyl (C=O) groups excluding carboxylic acids is 3. The highest BCUT2D eigenvalue weighted by molar-refractivity contribution is 6.04. The lowest BCUT2D eigenvalue weighted by molar-refractivity contribution is -0.192. The summed E-state index contributed by atoms with van der Waals surface area (Å²) in [6.45, 7) is 0. The quantitative estimate of drug-likeness (QED) is 0.202. The van der Waals surface area contributed by atoms with Gasteiger partial charge in [0.25, 0.3) is 0 Å². The number of primary amides is 1. The second-order valence-electron chi connectivity index (χ2n) is 7.62. The Morgan fingerprint density at radius 2 is 1.60 bits per heavy atom. The lowest BCUT2D eigenvalue weighted by atomic mass is 10.1. The molecule has 2 aromatic carbocycles. The van der Waals surface area contributed by atoms with Gasteiger partial charge in [-0.25, -0.2) is 18.6 Å². The van der Waals surface area contributed by atoms with Gasteiger partial charge in [-0.15, -0.1) is 0 Å². The molecule has 0 fully saturated rings. The average molecular weight is 569 g/mol. The zero-order valence-corrected chi connectivity index (χ0v) is 20.0. The summed E-state index contributed by atoms with van der Waals surface area (Å²) in [4.78, 5) is 48.7. The predicted octanol–water partition coefficient (Wildman–Crippen LogP) is 3.04. The minimum absolute atomic E-state index is 0.126. The molecule has 0 aliphatic carbocycles. The molecular formula is C24H20F5N5O6. The standard InChI is InChI=1S/C22H19F2N5O4.C2HF3O2/c23-14-10-17(33-13-6-7-27-18(25)8-13)15(24)9-16(14)28-19(30)11-20(31)29-21(22(26)32)12-4-2-1-3-5-12;3-2(4,5)1(6)7/h1-10,21H,11H2,(H2,25,27)(H2,26,32)(H,28,30)(H,29,31);(H,6,7)/t21-;/m1./s1. The van der Waals surface area contributed by atoms with Crippen LogP contribution in [0, 0.1) is 11.6 Å². The fourth-order valence-corrected chi connectivity index (χ4v) is 2.84. The van der Waals surface area contributed by atoms with Crippen LogP contribution in [0.3, 0.4) is 0 Å². The molecule has 0 saturated heterocycles. The summed E-state index contributed by atoms with van der Waals surface area (Å²) in [7, 11) is 0. The fraction of sp³-hybridized carbons (Fsp3) is 0.125. The summed E-state index contributed by atoms with van der Waals surface area (Å²) in [5.41, 5.74) is 10.8. The first-order chi connectivity index (χ1) is 18.7. The first kappa shape index (κ1) is 30.9. The topological polar surface area (TPSA) is 187 Å². The highest BCUT2D eigenvalue weighted by Gasteiger charge is 2.38. The highest BCUT2D eigenvalue weighted by atomic mass is 19.4. The van der Waals surface area contributed by atoms with Crippen LogP contribution in [0.4, 0.5) is 33.5 Å². The van der Waals surface area contributed by atoms with E-state index < -0.39 is 65.4 Å². The number of carbonyl (C=O) groups is 4. The number of pyridine rings is 1. The third-order valence-electron chi connectivity index (χ3n) is 4.56. The molecule has 7 N–H and O–H groups in total. The van der Waals surface area contributed by atoms with Gasteiger partial charge in [0.15, 0.2) is 17.4 Å². The average Bonchev–Trinajstić information content (AvgIpc) is 2.85. The predicted molar refractivity (Wildman–Crippen MR) is 129 cm³/mol. The van der Waals surface area contributed by atoms with Crippen molar-refractivity contribution in [3.63, 3.8) is 0 Å². The zero-order chi connectivity index (χ0) is 30.0. The summed E-state index contributed by atoms with van der Waals surface area (Å²) in [6, 6.07) is 11.2. The Balaban J connectivity index is 0.000000708. The number of aliphatic carboxylic acids is 1. The van der Waals surface area contributed by atoms with Crippen LogP contribution in [0.1, 0.15) is 18.0 Å². The lowest BCUT2D eigenvalue weighted by Gasteiger charge is -2.16. The summed E-state index contributed by atoms with van der Waals surface area (Å²) in [5.74, 6) is -7.50. The molecule has 3 amide bonds. The Bertz CT molecular complexity index is 1390. The Labute approximate surface area is 221 Å². The molecule has 11 nitrogen and oxygen atoms in total. The van der Waals surface area contributed by atoms with E-state index in [4.69, 9.17) is 26.1 Å². The van der Waals surface area contributed by atoms with Crippen LogP contribution < -0.4 is 26.8 Å². The first-order valence-corrected chi connectivity index (χ1v) is 10.8. The van der Waals surface area contributed by atoms with Gasteiger partial charge < -0.3 is 31.9 Å². The molecule has 0 radical (unpaired) electrons. The smallest absolute Gasteiger partial charge is 0.475 e. The molecule has 3 rings (SSSR count). The van der Waals surface area contributed by atoms with Gasteiger partial charge in [0.05, 0.1) is 5.69 Å². The number of rotatable bonds is 8. The molecule has 40 heavy (non-hydrogen) atoms. The van der Waals surface area contributed by atoms with Gasteiger partial charge in [-0.3, -0.25) is 14.4 Å². The van der Waals surface area contributed by atoms with Crippen molar-refractivity contribution in [3.8, 4) is 11.5 Å². The van der Waals surface area contributed by atoms with E-state index in [0.717, 1.165) is 6.07 Å². The Morgan fingerprint density at radius 3 is 2.15 bits per heavy atom. The van der Waals surface area contributed by atoms with E-state index in [1.165, 1.54) is 18.3 Å². The van der Waals surface area contributed by atoms with Crippen LogP contribution in [0.5, 0.6) is 11.5 Å². The summed E-state index contributed by atoms with van der Waals surface area (Å²) in [6.07, 6.45) is -4.51. The normalized spacial score (nSPS) is 11.3. The number of halogens is 5. The van der Waals surface area contributed by atoms with Crippen molar-refractivity contribution in [2.45, 2.75) is 18.6 Å². The third-order valence-corrected chi connectivity index (χ3v) is 4.56. The summed E-state index contributed by atoms with van der Waals surface area (Å²) >= 11 is 0. The SMILES string of the molecule is NC(=O)[C@H](NC(=O)CC(=O)Nc1cc(F)c(Oc2ccnc(N)c2)cc1F)c1ccccc1.O=C(O)C(F)(F)F. The van der Waals surface area contributed by atoms with E-state index in [1.54, 1.807) is 30.3 Å². The lowest BCUT2D eigenvalue weighted by Crippen LogP contribution is -2.38. The maximum absolute atomic E-state index is 14.4. The number of nitrogen functional groups attached to an aromatic ring is 1. The molecule has 1 aromatic heterocycles. The number of amides is 3. The van der Waals surface area contributed by atoms with Crippen molar-refractivity contribution in [1.29, 1.82) is 0 Å². The largest absolute Gasteiger partial charge is 0.490 e. The van der Waals surface area contributed by atoms with Crippen LogP contribution in [-0.4, -0.2) is 40.0 Å². The van der Waals surface area contributed by atoms with Crippen LogP contribution in [0.15, 0.2) is 60.8 Å². The third kappa shape index (κ3) is 9.55. The van der Waals surface area contributed by atoms with Gasteiger partial charge in [0.1, 0.15) is 24.0 Å². The van der Waals surface area contributed by atoms with Gasteiger partial charge in [0.2, 0.25) is 17.7 Å². The van der Waals surface area contributed by atoms with Gasteiger partial charge in [0, 0.05) is 24.4 Å². The molecular weight excluding hydrogens is 549 g/mol. The highest BCUT2D eigenvalue weighted by Crippen LogP contribution is 2.29. The molecule has 0 saturated carbocycles. The van der Waals surface area contributed by atoms with Crippen LogP contribution in [0.25, 0.3) is 0 Å². The van der Waals surface area contributed by atoms with Gasteiger partial charge in [-0.05, 0) is 11.6 Å². The number of benzene rings is 2. The molecule has 1 heterocycles. The Hall–Kier alpha value is -5.28. The molecule has 0 aliphatic rings. The number of nitrogens with one attached hydrogen (secondary N) is 2. The maximum Gasteiger partial charge on any atom is 0.490 e. The zero-order valence-electron chi connectivity index (χ0n) is 20.0. The molecule has 1 atom stereocenters. The number of ether oxygens (including phenoxy) is 1. The number of anilines is 2. The van der Waals surface area contributed by atoms with Crippen molar-refractivity contribution in [2.24, 2.45) is 5.73 Å². The van der Waals surface area contributed by atoms with Gasteiger partial charge in [-0.1, -0.05) is 30.3 Å². The minimum atomic E-state index is -5.08. The number of hydrogen-bond donors (Lipinski definition) is 5. The number of alkyl halides is 3. The van der Waals surface area contributed by atoms with Crippen molar-refractivity contribution in [3.05, 3.63) is 78.0 Å². The number of hydrogen-bond acceptors (Lipinski definition) is 7. The fourth-order valence-electron chi connectivity index (χ4n) is 2.84.